The SMILES string of the molecule is O=[N+]([O-])c1cccc(Cn2ccnc2-c2ccncc2)c1. The second-order valence-electron chi connectivity index (χ2n) is 4.54. The molecule has 0 unspecified atom stereocenters. The summed E-state index contributed by atoms with van der Waals surface area (Å²) >= 11 is 0. The minimum Gasteiger partial charge on any atom is -0.327 e. The molecule has 0 bridgehead atoms. The van der Waals surface area contributed by atoms with Crippen molar-refractivity contribution >= 4 is 5.69 Å². The van der Waals surface area contributed by atoms with Gasteiger partial charge in [0.05, 0.1) is 4.92 Å². The monoisotopic (exact) mass is 280 g/mol. The smallest absolute Gasteiger partial charge is 0.269 e. The summed E-state index contributed by atoms with van der Waals surface area (Å²) in [5.41, 5.74) is 1.91. The minimum absolute atomic E-state index is 0.0954. The average Bonchev–Trinajstić information content (AvgIpc) is 2.96. The van der Waals surface area contributed by atoms with E-state index in [1.165, 1.54) is 6.07 Å². The average molecular weight is 280 g/mol. The maximum atomic E-state index is 10.8. The highest BCUT2D eigenvalue weighted by Crippen LogP contribution is 2.19. The first-order valence-electron chi connectivity index (χ1n) is 6.39. The molecule has 0 spiro atoms. The number of pyridine rings is 1. The lowest BCUT2D eigenvalue weighted by atomic mass is 10.2. The Morgan fingerprint density at radius 2 is 1.95 bits per heavy atom. The fourth-order valence-electron chi connectivity index (χ4n) is 2.16. The van der Waals surface area contributed by atoms with Gasteiger partial charge in [0.1, 0.15) is 5.82 Å². The van der Waals surface area contributed by atoms with Gasteiger partial charge in [-0.2, -0.15) is 0 Å². The number of nitro groups is 1. The van der Waals surface area contributed by atoms with E-state index in [1.807, 2.05) is 29.0 Å². The van der Waals surface area contributed by atoms with Crippen LogP contribution in [0.3, 0.4) is 0 Å². The van der Waals surface area contributed by atoms with Crippen molar-refractivity contribution in [2.75, 3.05) is 0 Å². The van der Waals surface area contributed by atoms with E-state index in [-0.39, 0.29) is 10.6 Å². The van der Waals surface area contributed by atoms with Gasteiger partial charge in [-0.15, -0.1) is 0 Å². The van der Waals surface area contributed by atoms with Crippen molar-refractivity contribution in [3.05, 3.63) is 76.9 Å². The Bertz CT molecular complexity index is 768. The topological polar surface area (TPSA) is 73.8 Å². The zero-order valence-electron chi connectivity index (χ0n) is 11.1. The van der Waals surface area contributed by atoms with Crippen LogP contribution < -0.4 is 0 Å². The van der Waals surface area contributed by atoms with Crippen molar-refractivity contribution in [1.29, 1.82) is 0 Å². The van der Waals surface area contributed by atoms with Gasteiger partial charge in [-0.25, -0.2) is 4.98 Å². The van der Waals surface area contributed by atoms with Gasteiger partial charge in [0.25, 0.3) is 5.69 Å². The normalized spacial score (nSPS) is 10.5. The van der Waals surface area contributed by atoms with Crippen molar-refractivity contribution in [2.24, 2.45) is 0 Å². The molecule has 104 valence electrons. The second kappa shape index (κ2) is 5.54. The van der Waals surface area contributed by atoms with Crippen LogP contribution >= 0.6 is 0 Å². The molecule has 0 aliphatic heterocycles. The van der Waals surface area contributed by atoms with Crippen LogP contribution in [0.2, 0.25) is 0 Å². The van der Waals surface area contributed by atoms with Gasteiger partial charge in [0.2, 0.25) is 0 Å². The molecule has 0 N–H and O–H groups in total. The van der Waals surface area contributed by atoms with Crippen LogP contribution in [0.15, 0.2) is 61.2 Å². The number of nitro benzene ring substituents is 1. The Hall–Kier alpha value is -3.02. The molecular formula is C15H12N4O2. The quantitative estimate of drug-likeness (QED) is 0.544. The molecule has 0 atom stereocenters. The molecule has 3 aromatic rings. The van der Waals surface area contributed by atoms with E-state index in [0.29, 0.717) is 6.54 Å². The summed E-state index contributed by atoms with van der Waals surface area (Å²) in [6, 6.07) is 10.4. The molecule has 21 heavy (non-hydrogen) atoms. The van der Waals surface area contributed by atoms with Gasteiger partial charge >= 0.3 is 0 Å². The first-order valence-corrected chi connectivity index (χ1v) is 6.39. The third-order valence-corrected chi connectivity index (χ3v) is 3.13. The van der Waals surface area contributed by atoms with Crippen LogP contribution in [0, 0.1) is 10.1 Å². The lowest BCUT2D eigenvalue weighted by Crippen LogP contribution is -2.01. The molecule has 2 heterocycles. The fourth-order valence-corrected chi connectivity index (χ4v) is 2.16. The predicted octanol–water partition coefficient (Wildman–Crippen LogP) is 2.90. The highest BCUT2D eigenvalue weighted by molar-refractivity contribution is 5.54. The Balaban J connectivity index is 1.92. The van der Waals surface area contributed by atoms with Crippen molar-refractivity contribution < 1.29 is 4.92 Å². The molecule has 0 aliphatic carbocycles. The molecule has 0 saturated heterocycles. The Kier molecular flexibility index (Phi) is 3.42. The Morgan fingerprint density at radius 3 is 2.71 bits per heavy atom. The first-order chi connectivity index (χ1) is 10.2. The van der Waals surface area contributed by atoms with Crippen molar-refractivity contribution in [2.45, 2.75) is 6.54 Å². The van der Waals surface area contributed by atoms with Crippen molar-refractivity contribution in [1.82, 2.24) is 14.5 Å². The van der Waals surface area contributed by atoms with Crippen molar-refractivity contribution in [3.63, 3.8) is 0 Å². The summed E-state index contributed by atoms with van der Waals surface area (Å²) in [5, 5.41) is 10.8. The van der Waals surface area contributed by atoms with Crippen LogP contribution in [0.25, 0.3) is 11.4 Å². The second-order valence-corrected chi connectivity index (χ2v) is 4.54. The molecule has 0 fully saturated rings. The molecule has 0 aliphatic rings. The summed E-state index contributed by atoms with van der Waals surface area (Å²) in [6.45, 7) is 0.527. The maximum absolute atomic E-state index is 10.8. The van der Waals surface area contributed by atoms with Crippen LogP contribution in [0.1, 0.15) is 5.56 Å². The van der Waals surface area contributed by atoms with Crippen LogP contribution in [-0.4, -0.2) is 19.5 Å². The molecule has 6 heteroatoms. The van der Waals surface area contributed by atoms with E-state index in [0.717, 1.165) is 17.0 Å². The van der Waals surface area contributed by atoms with Gasteiger partial charge in [-0.3, -0.25) is 15.1 Å². The zero-order valence-corrected chi connectivity index (χ0v) is 11.1. The number of nitrogens with zero attached hydrogens (tertiary/aromatic N) is 4. The number of rotatable bonds is 4. The largest absolute Gasteiger partial charge is 0.327 e. The summed E-state index contributed by atoms with van der Waals surface area (Å²) in [5.74, 6) is 0.809. The molecule has 0 amide bonds. The highest BCUT2D eigenvalue weighted by Gasteiger charge is 2.09. The summed E-state index contributed by atoms with van der Waals surface area (Å²) in [7, 11) is 0. The summed E-state index contributed by atoms with van der Waals surface area (Å²) in [4.78, 5) is 18.8. The minimum atomic E-state index is -0.388. The van der Waals surface area contributed by atoms with E-state index in [2.05, 4.69) is 9.97 Å². The molecule has 1 aromatic carbocycles. The first kappa shape index (κ1) is 13.0. The van der Waals surface area contributed by atoms with E-state index < -0.39 is 0 Å². The molecule has 0 saturated carbocycles. The highest BCUT2D eigenvalue weighted by atomic mass is 16.6. The van der Waals surface area contributed by atoms with Crippen molar-refractivity contribution in [3.8, 4) is 11.4 Å². The Labute approximate surface area is 120 Å². The maximum Gasteiger partial charge on any atom is 0.269 e. The number of imidazole rings is 1. The van der Waals surface area contributed by atoms with Gasteiger partial charge in [-0.05, 0) is 17.7 Å². The standard InChI is InChI=1S/C15H12N4O2/c20-19(21)14-3-1-2-12(10-14)11-18-9-8-17-15(18)13-4-6-16-7-5-13/h1-10H,11H2. The lowest BCUT2D eigenvalue weighted by molar-refractivity contribution is -0.384. The lowest BCUT2D eigenvalue weighted by Gasteiger charge is -2.08. The summed E-state index contributed by atoms with van der Waals surface area (Å²) < 4.78 is 1.95. The van der Waals surface area contributed by atoms with E-state index in [4.69, 9.17) is 0 Å². The van der Waals surface area contributed by atoms with E-state index in [1.54, 1.807) is 30.7 Å². The molecule has 3 rings (SSSR count). The molecular weight excluding hydrogens is 268 g/mol. The van der Waals surface area contributed by atoms with Crippen LogP contribution in [0.5, 0.6) is 0 Å². The molecule has 6 nitrogen and oxygen atoms in total. The van der Waals surface area contributed by atoms with Gasteiger partial charge in [-0.1, -0.05) is 12.1 Å². The number of aromatic nitrogens is 3. The molecule has 0 radical (unpaired) electrons. The third-order valence-electron chi connectivity index (χ3n) is 3.13. The van der Waals surface area contributed by atoms with E-state index in [9.17, 15) is 10.1 Å². The summed E-state index contributed by atoms with van der Waals surface area (Å²) in [6.07, 6.45) is 6.99. The predicted molar refractivity (Wildman–Crippen MR) is 77.7 cm³/mol. The third kappa shape index (κ3) is 2.79. The van der Waals surface area contributed by atoms with Crippen LogP contribution in [-0.2, 0) is 6.54 Å². The number of benzene rings is 1. The molecule has 2 aromatic heterocycles. The van der Waals surface area contributed by atoms with Gasteiger partial charge < -0.3 is 4.57 Å². The van der Waals surface area contributed by atoms with E-state index >= 15 is 0 Å². The number of non-ortho nitro benzene ring substituents is 1. The number of hydrogen-bond donors (Lipinski definition) is 0. The van der Waals surface area contributed by atoms with Gasteiger partial charge in [0.15, 0.2) is 0 Å². The van der Waals surface area contributed by atoms with Gasteiger partial charge in [0, 0.05) is 49.0 Å². The fraction of sp³-hybridized carbons (Fsp3) is 0.0667. The zero-order chi connectivity index (χ0) is 14.7. The Morgan fingerprint density at radius 1 is 1.14 bits per heavy atom. The number of hydrogen-bond acceptors (Lipinski definition) is 4. The van der Waals surface area contributed by atoms with Crippen LogP contribution in [0.4, 0.5) is 5.69 Å².